The Balaban J connectivity index is 1.04. The SMILES string of the molecule is CC(=O)OC(C[N+](=O)[O-])[C@H]1CC[C@]2(O)[C@@H]3CC[C@@H]4C[C@@H](O[C@H]5O[C@@H](C)[C@H](OC(=O)c6ccccc6)[C@@H](OC(=O)c6ccccc6)[C@H]5OC(=O)c5ccccc5)CC[C@]4(C)[C@H]3CC[C@]12C. The third kappa shape index (κ3) is 8.68. The summed E-state index contributed by atoms with van der Waals surface area (Å²) in [6.45, 7) is 6.86. The maximum atomic E-state index is 13.9. The van der Waals surface area contributed by atoms with Crippen molar-refractivity contribution in [2.45, 2.75) is 134 Å². The number of fused-ring (bicyclic) bond motifs is 5. The molecule has 5 aliphatic rings. The molecule has 0 amide bonds. The Bertz CT molecular complexity index is 2160. The number of nitrogens with zero attached hydrogens (tertiary/aromatic N) is 1. The molecule has 64 heavy (non-hydrogen) atoms. The fourth-order valence-electron chi connectivity index (χ4n) is 12.5. The highest BCUT2D eigenvalue weighted by Crippen LogP contribution is 2.69. The number of hydrogen-bond acceptors (Lipinski definition) is 13. The summed E-state index contributed by atoms with van der Waals surface area (Å²) in [5.74, 6) is -2.57. The van der Waals surface area contributed by atoms with Gasteiger partial charge < -0.3 is 33.5 Å². The van der Waals surface area contributed by atoms with Crippen LogP contribution in [0.25, 0.3) is 0 Å². The Morgan fingerprint density at radius 3 is 1.83 bits per heavy atom. The van der Waals surface area contributed by atoms with Crippen LogP contribution >= 0.6 is 0 Å². The lowest BCUT2D eigenvalue weighted by atomic mass is 9.43. The summed E-state index contributed by atoms with van der Waals surface area (Å²) in [4.78, 5) is 64.6. The molecule has 4 aliphatic carbocycles. The van der Waals surface area contributed by atoms with E-state index in [2.05, 4.69) is 6.92 Å². The van der Waals surface area contributed by atoms with Crippen molar-refractivity contribution in [3.05, 3.63) is 118 Å². The van der Waals surface area contributed by atoms with Gasteiger partial charge in [0.05, 0.1) is 34.5 Å². The van der Waals surface area contributed by atoms with Crippen molar-refractivity contribution < 1.29 is 57.6 Å². The van der Waals surface area contributed by atoms with Crippen LogP contribution in [0.3, 0.4) is 0 Å². The van der Waals surface area contributed by atoms with E-state index in [4.69, 9.17) is 28.4 Å². The molecule has 1 heterocycles. The summed E-state index contributed by atoms with van der Waals surface area (Å²) >= 11 is 0. The van der Waals surface area contributed by atoms with E-state index in [0.717, 1.165) is 25.7 Å². The van der Waals surface area contributed by atoms with E-state index in [1.54, 1.807) is 97.9 Å². The van der Waals surface area contributed by atoms with Crippen molar-refractivity contribution in [1.82, 2.24) is 0 Å². The molecule has 342 valence electrons. The number of benzene rings is 3. The predicted octanol–water partition coefficient (Wildman–Crippen LogP) is 7.78. The average Bonchev–Trinajstić information content (AvgIpc) is 3.56. The van der Waals surface area contributed by atoms with Crippen LogP contribution in [-0.2, 0) is 33.2 Å². The van der Waals surface area contributed by atoms with Gasteiger partial charge in [0.1, 0.15) is 0 Å². The number of esters is 4. The minimum Gasteiger partial charge on any atom is -0.455 e. The van der Waals surface area contributed by atoms with Gasteiger partial charge in [-0.3, -0.25) is 14.9 Å². The minimum atomic E-state index is -1.35. The molecule has 1 N–H and O–H groups in total. The molecule has 14 nitrogen and oxygen atoms in total. The number of hydrogen-bond donors (Lipinski definition) is 1. The van der Waals surface area contributed by atoms with Crippen LogP contribution in [0, 0.1) is 44.6 Å². The van der Waals surface area contributed by atoms with Crippen molar-refractivity contribution in [3.63, 3.8) is 0 Å². The van der Waals surface area contributed by atoms with E-state index < -0.39 is 83.2 Å². The molecular weight excluding hydrogens is 823 g/mol. The third-order valence-corrected chi connectivity index (χ3v) is 15.8. The van der Waals surface area contributed by atoms with Crippen molar-refractivity contribution in [2.75, 3.05) is 6.54 Å². The first-order valence-electron chi connectivity index (χ1n) is 22.7. The van der Waals surface area contributed by atoms with Gasteiger partial charge in [-0.1, -0.05) is 68.4 Å². The van der Waals surface area contributed by atoms with Crippen molar-refractivity contribution in [3.8, 4) is 0 Å². The van der Waals surface area contributed by atoms with Gasteiger partial charge in [-0.05, 0) is 124 Å². The topological polar surface area (TPSA) is 187 Å². The lowest BCUT2D eigenvalue weighted by Gasteiger charge is -2.64. The van der Waals surface area contributed by atoms with Crippen LogP contribution in [0.5, 0.6) is 0 Å². The van der Waals surface area contributed by atoms with Crippen LogP contribution in [0.1, 0.15) is 117 Å². The molecule has 1 aliphatic heterocycles. The first-order valence-corrected chi connectivity index (χ1v) is 22.7. The molecule has 4 saturated carbocycles. The Morgan fingerprint density at radius 1 is 0.734 bits per heavy atom. The molecule has 1 saturated heterocycles. The van der Waals surface area contributed by atoms with Crippen molar-refractivity contribution >= 4 is 23.9 Å². The average molecular weight is 882 g/mol. The van der Waals surface area contributed by atoms with Crippen LogP contribution in [0.2, 0.25) is 0 Å². The van der Waals surface area contributed by atoms with Crippen molar-refractivity contribution in [1.29, 1.82) is 0 Å². The highest BCUT2D eigenvalue weighted by Gasteiger charge is 2.69. The Morgan fingerprint density at radius 2 is 1.28 bits per heavy atom. The second kappa shape index (κ2) is 18.4. The lowest BCUT2D eigenvalue weighted by molar-refractivity contribution is -0.493. The summed E-state index contributed by atoms with van der Waals surface area (Å²) in [5, 5.41) is 24.5. The van der Waals surface area contributed by atoms with E-state index >= 15 is 0 Å². The normalized spacial score (nSPS) is 35.9. The maximum Gasteiger partial charge on any atom is 0.338 e. The lowest BCUT2D eigenvalue weighted by Crippen LogP contribution is -2.64. The van der Waals surface area contributed by atoms with Gasteiger partial charge in [-0.25, -0.2) is 14.4 Å². The largest absolute Gasteiger partial charge is 0.455 e. The van der Waals surface area contributed by atoms with Gasteiger partial charge >= 0.3 is 23.9 Å². The van der Waals surface area contributed by atoms with Crippen LogP contribution in [0.4, 0.5) is 0 Å². The maximum absolute atomic E-state index is 13.9. The van der Waals surface area contributed by atoms with Crippen LogP contribution < -0.4 is 0 Å². The Labute approximate surface area is 373 Å². The summed E-state index contributed by atoms with van der Waals surface area (Å²) < 4.78 is 37.5. The number of carbonyl (C=O) groups is 4. The minimum absolute atomic E-state index is 0.0246. The highest BCUT2D eigenvalue weighted by atomic mass is 16.7. The molecule has 0 spiro atoms. The molecule has 0 bridgehead atoms. The van der Waals surface area contributed by atoms with Crippen LogP contribution in [-0.4, -0.2) is 89.0 Å². The molecule has 5 fully saturated rings. The molecule has 3 aromatic rings. The van der Waals surface area contributed by atoms with E-state index in [1.165, 1.54) is 6.92 Å². The molecule has 14 atom stereocenters. The van der Waals surface area contributed by atoms with Gasteiger partial charge in [-0.2, -0.15) is 0 Å². The fourth-order valence-corrected chi connectivity index (χ4v) is 12.5. The number of rotatable bonds is 12. The van der Waals surface area contributed by atoms with Crippen molar-refractivity contribution in [2.24, 2.45) is 34.5 Å². The van der Waals surface area contributed by atoms with E-state index in [9.17, 15) is 34.4 Å². The fraction of sp³-hybridized carbons (Fsp3) is 0.560. The second-order valence-corrected chi connectivity index (χ2v) is 19.1. The third-order valence-electron chi connectivity index (χ3n) is 15.8. The Hall–Kier alpha value is -5.18. The van der Waals surface area contributed by atoms with Gasteiger partial charge in [0, 0.05) is 23.2 Å². The smallest absolute Gasteiger partial charge is 0.338 e. The van der Waals surface area contributed by atoms with Gasteiger partial charge in [-0.15, -0.1) is 0 Å². The summed E-state index contributed by atoms with van der Waals surface area (Å²) in [6, 6.07) is 25.2. The van der Waals surface area contributed by atoms with Gasteiger partial charge in [0.25, 0.3) is 0 Å². The summed E-state index contributed by atoms with van der Waals surface area (Å²) in [5.41, 5.74) is -1.06. The van der Waals surface area contributed by atoms with Gasteiger partial charge in [0.2, 0.25) is 6.54 Å². The van der Waals surface area contributed by atoms with E-state index in [1.807, 2.05) is 6.92 Å². The molecule has 1 unspecified atom stereocenters. The second-order valence-electron chi connectivity index (χ2n) is 19.1. The number of nitro groups is 1. The number of ether oxygens (including phenoxy) is 6. The monoisotopic (exact) mass is 881 g/mol. The molecule has 0 aromatic heterocycles. The van der Waals surface area contributed by atoms with E-state index in [0.29, 0.717) is 32.1 Å². The summed E-state index contributed by atoms with van der Waals surface area (Å²) in [6.07, 6.45) is -0.948. The highest BCUT2D eigenvalue weighted by molar-refractivity contribution is 5.91. The molecule has 3 aromatic carbocycles. The zero-order chi connectivity index (χ0) is 45.4. The predicted molar refractivity (Wildman–Crippen MR) is 230 cm³/mol. The zero-order valence-electron chi connectivity index (χ0n) is 36.9. The molecule has 0 radical (unpaired) electrons. The summed E-state index contributed by atoms with van der Waals surface area (Å²) in [7, 11) is 0. The van der Waals surface area contributed by atoms with Gasteiger partial charge in [0.15, 0.2) is 30.7 Å². The number of carbonyl (C=O) groups excluding carboxylic acids is 4. The molecular formula is C50H59NO13. The first-order chi connectivity index (χ1) is 30.6. The quantitative estimate of drug-likeness (QED) is 0.0612. The first kappa shape index (κ1) is 45.4. The van der Waals surface area contributed by atoms with Crippen LogP contribution in [0.15, 0.2) is 91.0 Å². The standard InChI is InChI=1S/C50H59NO13/c1-30-41(62-44(53)32-14-8-5-9-15-32)42(63-45(54)33-16-10-6-11-17-33)43(64-46(55)34-18-12-7-13-19-34)47(59-30)61-36-22-25-48(3)35(28-36)20-21-38-37(48)23-26-49(4)39(24-27-50(38,49)56)40(29-51(57)58)60-31(2)52/h5-19,30,35-43,47,56H,20-29H2,1-4H3/t30-,35+,36-,37-,38+,39+,40?,41-,42+,43+,47+,48-,49+,50-/m0/s1. The molecule has 8 rings (SSSR count). The number of aliphatic hydroxyl groups is 1. The van der Waals surface area contributed by atoms with E-state index in [-0.39, 0.29) is 51.9 Å². The molecule has 14 heteroatoms. The zero-order valence-corrected chi connectivity index (χ0v) is 36.9. The Kier molecular flexibility index (Phi) is 13.0.